The first kappa shape index (κ1) is 60.2. The van der Waals surface area contributed by atoms with Crippen LogP contribution in [-0.4, -0.2) is 66.4 Å². The van der Waals surface area contributed by atoms with Crippen molar-refractivity contribution >= 4 is 34.4 Å². The van der Waals surface area contributed by atoms with E-state index in [2.05, 4.69) is 0 Å². The summed E-state index contributed by atoms with van der Waals surface area (Å²) in [5.74, 6) is -12.1. The third-order valence-corrected chi connectivity index (χ3v) is 8.01. The average molecular weight is 1010 g/mol. The number of aliphatic hydroxyl groups excluding tert-OH is 3. The molecule has 70 heavy (non-hydrogen) atoms. The molecule has 0 radical (unpaired) electrons. The fraction of sp³-hybridized carbons (Fsp3) is 0.262. The van der Waals surface area contributed by atoms with E-state index < -0.39 is 118 Å². The molecule has 0 spiro atoms. The number of carbonyl (C=O) groups is 1. The van der Waals surface area contributed by atoms with Crippen LogP contribution in [0.3, 0.4) is 0 Å². The van der Waals surface area contributed by atoms with Crippen LogP contribution in [0.2, 0.25) is 0 Å². The smallest absolute Gasteiger partial charge is 0.340 e. The Kier molecular flexibility index (Phi) is 23.9. The molecule has 5 aromatic rings. The number of halogens is 10. The number of hydrogen-bond acceptors (Lipinski definition) is 14. The summed E-state index contributed by atoms with van der Waals surface area (Å²) in [7, 11) is 0. The van der Waals surface area contributed by atoms with Crippen molar-refractivity contribution in [2.45, 2.75) is 52.1 Å². The second-order valence-corrected chi connectivity index (χ2v) is 14.5. The topological polar surface area (TPSA) is 286 Å². The Balaban J connectivity index is 0.000000443. The summed E-state index contributed by atoms with van der Waals surface area (Å²) in [6, 6.07) is 9.86. The average Bonchev–Trinajstić information content (AvgIpc) is 3.19. The van der Waals surface area contributed by atoms with Crippen LogP contribution >= 0.6 is 0 Å². The molecule has 0 heterocycles. The van der Waals surface area contributed by atoms with Crippen molar-refractivity contribution in [2.75, 3.05) is 25.6 Å². The van der Waals surface area contributed by atoms with Crippen LogP contribution in [0.1, 0.15) is 43.0 Å². The standard InChI is InChI=1S/C12H13F2NO4.2C8H7F2NO3.C8H9F2NO.C6H3F2NO2/c1-12(2,3)19-10(16)6-7-4-8(13)11(15(17)18)9(14)5-7;2*9-6-3-5(1-2-12)4-7(10)8(6)11(13)14;9-6-3-5(1-2-12)4-7(10)8(6)11;7-4-2-1-3-5(8)6(4)9(10)11/h4-5H,6H2,1-3H3;2*3-4,12H,1-2H2;3-4,12H,1-2,11H2;1-3H. The second-order valence-electron chi connectivity index (χ2n) is 14.5. The molecule has 5 N–H and O–H groups in total. The lowest BCUT2D eigenvalue weighted by atomic mass is 10.1. The van der Waals surface area contributed by atoms with Gasteiger partial charge in [0.25, 0.3) is 0 Å². The van der Waals surface area contributed by atoms with E-state index in [0.717, 1.165) is 66.7 Å². The zero-order valence-electron chi connectivity index (χ0n) is 36.4. The lowest BCUT2D eigenvalue weighted by Gasteiger charge is -2.19. The first-order valence-electron chi connectivity index (χ1n) is 19.2. The molecule has 0 saturated carbocycles. The van der Waals surface area contributed by atoms with E-state index in [1.54, 1.807) is 20.8 Å². The molecule has 5 rings (SSSR count). The minimum atomic E-state index is -1.32. The third kappa shape index (κ3) is 19.4. The number of anilines is 1. The first-order valence-corrected chi connectivity index (χ1v) is 19.2. The van der Waals surface area contributed by atoms with Crippen LogP contribution in [0.15, 0.2) is 66.7 Å². The maximum Gasteiger partial charge on any atom is 0.340 e. The molecular formula is C42H39F10N5O13. The fourth-order valence-corrected chi connectivity index (χ4v) is 5.14. The van der Waals surface area contributed by atoms with Crippen molar-refractivity contribution in [1.82, 2.24) is 0 Å². The molecule has 0 aliphatic rings. The predicted octanol–water partition coefficient (Wildman–Crippen LogP) is 8.53. The molecule has 0 saturated heterocycles. The van der Waals surface area contributed by atoms with Gasteiger partial charge in [-0.15, -0.1) is 0 Å². The molecule has 0 amide bonds. The van der Waals surface area contributed by atoms with Gasteiger partial charge in [0, 0.05) is 19.8 Å². The molecule has 0 aliphatic heterocycles. The third-order valence-electron chi connectivity index (χ3n) is 8.01. The number of ether oxygens (including phenoxy) is 1. The van der Waals surface area contributed by atoms with Crippen LogP contribution < -0.4 is 5.73 Å². The maximum absolute atomic E-state index is 13.3. The van der Waals surface area contributed by atoms with Crippen molar-refractivity contribution in [1.29, 1.82) is 0 Å². The zero-order valence-corrected chi connectivity index (χ0v) is 36.4. The van der Waals surface area contributed by atoms with Crippen LogP contribution in [0, 0.1) is 98.6 Å². The van der Waals surface area contributed by atoms with Gasteiger partial charge in [-0.3, -0.25) is 45.3 Å². The van der Waals surface area contributed by atoms with Gasteiger partial charge in [0.1, 0.15) is 22.9 Å². The van der Waals surface area contributed by atoms with E-state index in [1.807, 2.05) is 0 Å². The summed E-state index contributed by atoms with van der Waals surface area (Å²) in [6.07, 6.45) is -0.00507. The number of esters is 1. The Labute approximate surface area is 387 Å². The monoisotopic (exact) mass is 1010 g/mol. The number of nitro groups is 4. The van der Waals surface area contributed by atoms with Gasteiger partial charge in [-0.25, -0.2) is 8.78 Å². The van der Waals surface area contributed by atoms with E-state index in [9.17, 15) is 89.2 Å². The number of aliphatic hydroxyl groups is 3. The fourth-order valence-electron chi connectivity index (χ4n) is 5.14. The van der Waals surface area contributed by atoms with Gasteiger partial charge in [0.2, 0.25) is 46.5 Å². The van der Waals surface area contributed by atoms with Gasteiger partial charge in [0.05, 0.1) is 26.1 Å². The Morgan fingerprint density at radius 1 is 0.486 bits per heavy atom. The molecule has 0 unspecified atom stereocenters. The number of benzene rings is 5. The predicted molar refractivity (Wildman–Crippen MR) is 225 cm³/mol. The van der Waals surface area contributed by atoms with Crippen LogP contribution in [0.25, 0.3) is 0 Å². The number of carbonyl (C=O) groups excluding carboxylic acids is 1. The van der Waals surface area contributed by atoms with Gasteiger partial charge in [0.15, 0.2) is 0 Å². The molecule has 28 heteroatoms. The minimum absolute atomic E-state index is 0.0187. The summed E-state index contributed by atoms with van der Waals surface area (Å²) in [4.78, 5) is 47.7. The molecule has 0 atom stereocenters. The van der Waals surface area contributed by atoms with Gasteiger partial charge < -0.3 is 25.8 Å². The summed E-state index contributed by atoms with van der Waals surface area (Å²) in [6.45, 7) is 4.29. The molecule has 18 nitrogen and oxygen atoms in total. The Morgan fingerprint density at radius 2 is 0.729 bits per heavy atom. The highest BCUT2D eigenvalue weighted by Crippen LogP contribution is 2.26. The number of nitro benzene ring substituents is 4. The van der Waals surface area contributed by atoms with E-state index in [0.29, 0.717) is 5.56 Å². The highest BCUT2D eigenvalue weighted by Gasteiger charge is 2.25. The van der Waals surface area contributed by atoms with Crippen LogP contribution in [-0.2, 0) is 35.2 Å². The van der Waals surface area contributed by atoms with Gasteiger partial charge in [-0.1, -0.05) is 6.07 Å². The van der Waals surface area contributed by atoms with Gasteiger partial charge in [-0.2, -0.15) is 35.1 Å². The normalized spacial score (nSPS) is 10.4. The summed E-state index contributed by atoms with van der Waals surface area (Å²) in [5, 5.41) is 66.2. The molecule has 0 aromatic heterocycles. The Morgan fingerprint density at radius 3 is 0.957 bits per heavy atom. The SMILES string of the molecule is CC(C)(C)OC(=O)Cc1cc(F)c([N+](=O)[O-])c(F)c1.Nc1c(F)cc(CCO)cc1F.O=[N+]([O-])c1c(F)cc(CCO)cc1F.O=[N+]([O-])c1c(F)cc(CCO)cc1F.O=[N+]([O-])c1c(F)cccc1F. The molecule has 0 fully saturated rings. The van der Waals surface area contributed by atoms with Crippen molar-refractivity contribution in [3.63, 3.8) is 0 Å². The number of nitrogens with two attached hydrogens (primary N) is 1. The van der Waals surface area contributed by atoms with Crippen LogP contribution in [0.5, 0.6) is 0 Å². The summed E-state index contributed by atoms with van der Waals surface area (Å²) in [5.41, 5.74) is -0.0463. The van der Waals surface area contributed by atoms with E-state index in [1.165, 1.54) is 0 Å². The highest BCUT2D eigenvalue weighted by atomic mass is 19.2. The van der Waals surface area contributed by atoms with Crippen molar-refractivity contribution < 1.29 is 88.4 Å². The van der Waals surface area contributed by atoms with Gasteiger partial charge in [-0.05, 0) is 123 Å². The largest absolute Gasteiger partial charge is 0.460 e. The lowest BCUT2D eigenvalue weighted by Crippen LogP contribution is -2.25. The number of hydrogen-bond donors (Lipinski definition) is 4. The molecule has 0 aliphatic carbocycles. The molecule has 5 aromatic carbocycles. The number of nitrogen functional groups attached to an aromatic ring is 1. The van der Waals surface area contributed by atoms with Gasteiger partial charge >= 0.3 is 28.7 Å². The molecular weight excluding hydrogens is 972 g/mol. The number of nitrogens with zero attached hydrogens (tertiary/aromatic N) is 4. The van der Waals surface area contributed by atoms with E-state index in [-0.39, 0.29) is 62.2 Å². The van der Waals surface area contributed by atoms with Crippen molar-refractivity contribution in [2.24, 2.45) is 0 Å². The Hall–Kier alpha value is -7.85. The lowest BCUT2D eigenvalue weighted by molar-refractivity contribution is -0.390. The molecule has 380 valence electrons. The van der Waals surface area contributed by atoms with Crippen molar-refractivity contribution in [3.8, 4) is 0 Å². The van der Waals surface area contributed by atoms with E-state index in [4.69, 9.17) is 25.8 Å². The summed E-state index contributed by atoms with van der Waals surface area (Å²) < 4.78 is 134. The number of rotatable bonds is 12. The Bertz CT molecular complexity index is 2490. The van der Waals surface area contributed by atoms with E-state index >= 15 is 0 Å². The highest BCUT2D eigenvalue weighted by molar-refractivity contribution is 5.73. The number of para-hydroxylation sites is 1. The second kappa shape index (κ2) is 27.8. The quantitative estimate of drug-likeness (QED) is 0.0300. The van der Waals surface area contributed by atoms with Crippen molar-refractivity contribution in [3.05, 3.63) is 188 Å². The summed E-state index contributed by atoms with van der Waals surface area (Å²) >= 11 is 0. The van der Waals surface area contributed by atoms with Crippen LogP contribution in [0.4, 0.5) is 72.3 Å². The first-order chi connectivity index (χ1) is 32.5. The molecule has 0 bridgehead atoms. The minimum Gasteiger partial charge on any atom is -0.460 e. The zero-order chi connectivity index (χ0) is 53.8. The maximum atomic E-state index is 13.3.